The molecule has 2 heteroatoms. The average molecular weight is 167 g/mol. The van der Waals surface area contributed by atoms with Gasteiger partial charge in [-0.3, -0.25) is 4.79 Å². The maximum Gasteiger partial charge on any atom is 0.250 e. The van der Waals surface area contributed by atoms with Crippen molar-refractivity contribution in [3.63, 3.8) is 0 Å². The van der Waals surface area contributed by atoms with Crippen LogP contribution < -0.4 is 5.32 Å². The number of hydrogen-bond acceptors (Lipinski definition) is 1. The number of allylic oxidation sites excluding steroid dienone is 1. The minimum atomic E-state index is -0.0882. The van der Waals surface area contributed by atoms with Crippen LogP contribution >= 0.6 is 0 Å². The molecule has 0 saturated carbocycles. The van der Waals surface area contributed by atoms with Gasteiger partial charge in [-0.1, -0.05) is 25.7 Å². The van der Waals surface area contributed by atoms with Gasteiger partial charge in [0.2, 0.25) is 0 Å². The molecule has 1 amide bonds. The Labute approximate surface area is 74.4 Å². The predicted molar refractivity (Wildman–Crippen MR) is 51.8 cm³/mol. The summed E-state index contributed by atoms with van der Waals surface area (Å²) in [7, 11) is 0. The standard InChI is InChI=1S/C10H17NO/c1-5-6-7-9(4)10(12)11-8(2)3/h6-8H,4-5H2,1-3H3,(H,11,12)/b7-6-. The lowest BCUT2D eigenvalue weighted by Gasteiger charge is -2.07. The van der Waals surface area contributed by atoms with Crippen molar-refractivity contribution in [2.24, 2.45) is 0 Å². The molecule has 0 aromatic heterocycles. The van der Waals surface area contributed by atoms with E-state index >= 15 is 0 Å². The molecule has 0 saturated heterocycles. The molecule has 0 atom stereocenters. The topological polar surface area (TPSA) is 29.1 Å². The van der Waals surface area contributed by atoms with E-state index in [0.717, 1.165) is 6.42 Å². The highest BCUT2D eigenvalue weighted by Gasteiger charge is 2.03. The van der Waals surface area contributed by atoms with E-state index in [0.29, 0.717) is 5.57 Å². The Bertz CT molecular complexity index is 192. The number of carbonyl (C=O) groups excluding carboxylic acids is 1. The lowest BCUT2D eigenvalue weighted by Crippen LogP contribution is -2.30. The number of carbonyl (C=O) groups is 1. The normalized spacial score (nSPS) is 10.7. The van der Waals surface area contributed by atoms with Crippen LogP contribution in [0.3, 0.4) is 0 Å². The van der Waals surface area contributed by atoms with Crippen molar-refractivity contribution in [1.82, 2.24) is 5.32 Å². The minimum absolute atomic E-state index is 0.0882. The summed E-state index contributed by atoms with van der Waals surface area (Å²) in [6.07, 6.45) is 4.59. The molecule has 0 rings (SSSR count). The fraction of sp³-hybridized carbons (Fsp3) is 0.500. The second kappa shape index (κ2) is 5.58. The summed E-state index contributed by atoms with van der Waals surface area (Å²) in [5, 5.41) is 2.76. The first kappa shape index (κ1) is 11.0. The zero-order valence-electron chi connectivity index (χ0n) is 8.05. The van der Waals surface area contributed by atoms with E-state index in [4.69, 9.17) is 0 Å². The van der Waals surface area contributed by atoms with Crippen LogP contribution in [0, 0.1) is 0 Å². The minimum Gasteiger partial charge on any atom is -0.350 e. The molecule has 0 aliphatic rings. The summed E-state index contributed by atoms with van der Waals surface area (Å²) in [6.45, 7) is 9.51. The summed E-state index contributed by atoms with van der Waals surface area (Å²) < 4.78 is 0. The van der Waals surface area contributed by atoms with E-state index < -0.39 is 0 Å². The highest BCUT2D eigenvalue weighted by molar-refractivity contribution is 5.95. The second-order valence-corrected chi connectivity index (χ2v) is 2.96. The van der Waals surface area contributed by atoms with Crippen molar-refractivity contribution in [3.05, 3.63) is 24.3 Å². The van der Waals surface area contributed by atoms with Gasteiger partial charge in [0.05, 0.1) is 0 Å². The van der Waals surface area contributed by atoms with Crippen LogP contribution in [0.2, 0.25) is 0 Å². The largest absolute Gasteiger partial charge is 0.350 e. The SMILES string of the molecule is C=C(/C=C\CC)C(=O)NC(C)C. The van der Waals surface area contributed by atoms with E-state index in [9.17, 15) is 4.79 Å². The van der Waals surface area contributed by atoms with Gasteiger partial charge < -0.3 is 5.32 Å². The van der Waals surface area contributed by atoms with Gasteiger partial charge in [-0.05, 0) is 20.3 Å². The quantitative estimate of drug-likeness (QED) is 0.504. The summed E-state index contributed by atoms with van der Waals surface area (Å²) in [5.41, 5.74) is 0.519. The number of rotatable bonds is 4. The van der Waals surface area contributed by atoms with Gasteiger partial charge in [-0.15, -0.1) is 0 Å². The fourth-order valence-corrected chi connectivity index (χ4v) is 0.691. The molecule has 0 bridgehead atoms. The molecule has 0 radical (unpaired) electrons. The molecule has 1 N–H and O–H groups in total. The Morgan fingerprint density at radius 1 is 1.58 bits per heavy atom. The van der Waals surface area contributed by atoms with Crippen molar-refractivity contribution in [2.75, 3.05) is 0 Å². The molecular formula is C10H17NO. The third-order valence-corrected chi connectivity index (χ3v) is 1.27. The van der Waals surface area contributed by atoms with Gasteiger partial charge in [0.15, 0.2) is 0 Å². The molecule has 0 aliphatic carbocycles. The first-order valence-electron chi connectivity index (χ1n) is 4.24. The number of amides is 1. The monoisotopic (exact) mass is 167 g/mol. The van der Waals surface area contributed by atoms with Crippen LogP contribution in [0.15, 0.2) is 24.3 Å². The Balaban J connectivity index is 3.94. The molecule has 68 valence electrons. The van der Waals surface area contributed by atoms with Crippen molar-refractivity contribution in [2.45, 2.75) is 33.2 Å². The average Bonchev–Trinajstić information content (AvgIpc) is 1.98. The summed E-state index contributed by atoms with van der Waals surface area (Å²) in [5.74, 6) is -0.0882. The van der Waals surface area contributed by atoms with Crippen LogP contribution in [-0.2, 0) is 4.79 Å². The Morgan fingerprint density at radius 2 is 2.17 bits per heavy atom. The van der Waals surface area contributed by atoms with Gasteiger partial charge >= 0.3 is 0 Å². The van der Waals surface area contributed by atoms with E-state index in [-0.39, 0.29) is 11.9 Å². The molecule has 0 aromatic rings. The van der Waals surface area contributed by atoms with Crippen molar-refractivity contribution in [1.29, 1.82) is 0 Å². The van der Waals surface area contributed by atoms with Gasteiger partial charge in [0.25, 0.3) is 5.91 Å². The molecule has 2 nitrogen and oxygen atoms in total. The van der Waals surface area contributed by atoms with E-state index in [1.54, 1.807) is 6.08 Å². The smallest absolute Gasteiger partial charge is 0.250 e. The first-order valence-corrected chi connectivity index (χ1v) is 4.24. The van der Waals surface area contributed by atoms with E-state index in [1.165, 1.54) is 0 Å². The van der Waals surface area contributed by atoms with Gasteiger partial charge in [0, 0.05) is 11.6 Å². The fourth-order valence-electron chi connectivity index (χ4n) is 0.691. The van der Waals surface area contributed by atoms with Gasteiger partial charge in [-0.2, -0.15) is 0 Å². The van der Waals surface area contributed by atoms with Crippen LogP contribution in [0.1, 0.15) is 27.2 Å². The third-order valence-electron chi connectivity index (χ3n) is 1.27. The van der Waals surface area contributed by atoms with Crippen LogP contribution in [0.4, 0.5) is 0 Å². The maximum absolute atomic E-state index is 11.2. The number of nitrogens with one attached hydrogen (secondary N) is 1. The van der Waals surface area contributed by atoms with E-state index in [2.05, 4.69) is 11.9 Å². The summed E-state index contributed by atoms with van der Waals surface area (Å²) in [6, 6.07) is 0.171. The lowest BCUT2D eigenvalue weighted by molar-refractivity contribution is -0.117. The zero-order chi connectivity index (χ0) is 9.56. The highest BCUT2D eigenvalue weighted by Crippen LogP contribution is 1.95. The van der Waals surface area contributed by atoms with Gasteiger partial charge in [-0.25, -0.2) is 0 Å². The molecule has 0 heterocycles. The van der Waals surface area contributed by atoms with Crippen molar-refractivity contribution >= 4 is 5.91 Å². The molecular weight excluding hydrogens is 150 g/mol. The maximum atomic E-state index is 11.2. The Morgan fingerprint density at radius 3 is 2.58 bits per heavy atom. The van der Waals surface area contributed by atoms with Crippen LogP contribution in [0.25, 0.3) is 0 Å². The second-order valence-electron chi connectivity index (χ2n) is 2.96. The predicted octanol–water partition coefficient (Wildman–Crippen LogP) is 2.03. The van der Waals surface area contributed by atoms with Crippen molar-refractivity contribution < 1.29 is 4.79 Å². The molecule has 0 fully saturated rings. The molecule has 0 spiro atoms. The molecule has 0 aliphatic heterocycles. The third kappa shape index (κ3) is 4.72. The first-order chi connectivity index (χ1) is 5.57. The lowest BCUT2D eigenvalue weighted by atomic mass is 10.2. The molecule has 0 unspecified atom stereocenters. The van der Waals surface area contributed by atoms with Gasteiger partial charge in [0.1, 0.15) is 0 Å². The Hall–Kier alpha value is -1.05. The van der Waals surface area contributed by atoms with Crippen LogP contribution in [0.5, 0.6) is 0 Å². The van der Waals surface area contributed by atoms with E-state index in [1.807, 2.05) is 26.8 Å². The van der Waals surface area contributed by atoms with Crippen LogP contribution in [-0.4, -0.2) is 11.9 Å². The molecule has 0 aromatic carbocycles. The highest BCUT2D eigenvalue weighted by atomic mass is 16.1. The Kier molecular flexibility index (Phi) is 5.09. The summed E-state index contributed by atoms with van der Waals surface area (Å²) >= 11 is 0. The van der Waals surface area contributed by atoms with Crippen molar-refractivity contribution in [3.8, 4) is 0 Å². The number of hydrogen-bond donors (Lipinski definition) is 1. The summed E-state index contributed by atoms with van der Waals surface area (Å²) in [4.78, 5) is 11.2. The zero-order valence-corrected chi connectivity index (χ0v) is 8.05. The molecule has 12 heavy (non-hydrogen) atoms.